The van der Waals surface area contributed by atoms with Crippen LogP contribution in [0.25, 0.3) is 0 Å². The Hall–Kier alpha value is -2.97. The zero-order valence-electron chi connectivity index (χ0n) is 17.1. The second-order valence-corrected chi connectivity index (χ2v) is 7.65. The van der Waals surface area contributed by atoms with E-state index >= 15 is 0 Å². The van der Waals surface area contributed by atoms with Gasteiger partial charge in [0.15, 0.2) is 17.6 Å². The van der Waals surface area contributed by atoms with Crippen molar-refractivity contribution in [3.05, 3.63) is 48.3 Å². The number of hydrogen-bond donors (Lipinski definition) is 1. The minimum Gasteiger partial charge on any atom is -0.371 e. The molecule has 1 aromatic carbocycles. The fourth-order valence-electron chi connectivity index (χ4n) is 4.06. The summed E-state index contributed by atoms with van der Waals surface area (Å²) in [5, 5.41) is 3.49. The molecule has 0 aliphatic carbocycles. The molecule has 160 valence electrons. The van der Waals surface area contributed by atoms with Crippen LogP contribution in [0, 0.1) is 17.6 Å². The second-order valence-electron chi connectivity index (χ2n) is 7.65. The van der Waals surface area contributed by atoms with Crippen LogP contribution < -0.4 is 15.1 Å². The van der Waals surface area contributed by atoms with E-state index in [1.165, 1.54) is 12.1 Å². The number of rotatable bonds is 4. The lowest BCUT2D eigenvalue weighted by Crippen LogP contribution is -2.53. The van der Waals surface area contributed by atoms with Crippen molar-refractivity contribution in [1.82, 2.24) is 20.2 Å². The summed E-state index contributed by atoms with van der Waals surface area (Å²) >= 11 is 0. The van der Waals surface area contributed by atoms with E-state index in [9.17, 15) is 8.78 Å². The molecule has 0 amide bonds. The number of piperazine rings is 1. The lowest BCUT2D eigenvalue weighted by Gasteiger charge is -2.36. The van der Waals surface area contributed by atoms with E-state index in [-0.39, 0.29) is 0 Å². The van der Waals surface area contributed by atoms with Crippen LogP contribution in [0.15, 0.2) is 41.7 Å². The summed E-state index contributed by atoms with van der Waals surface area (Å²) in [7, 11) is 1.80. The summed E-state index contributed by atoms with van der Waals surface area (Å²) in [6, 6.07) is 5.93. The van der Waals surface area contributed by atoms with Crippen molar-refractivity contribution in [2.24, 2.45) is 10.9 Å². The lowest BCUT2D eigenvalue weighted by molar-refractivity contribution is 0.367. The second kappa shape index (κ2) is 9.23. The minimum atomic E-state index is -0.807. The van der Waals surface area contributed by atoms with Gasteiger partial charge in [0, 0.05) is 77.0 Å². The van der Waals surface area contributed by atoms with Crippen LogP contribution in [0.5, 0.6) is 0 Å². The fraction of sp³-hybridized carbons (Fsp3) is 0.476. The van der Waals surface area contributed by atoms with Gasteiger partial charge in [-0.3, -0.25) is 4.99 Å². The lowest BCUT2D eigenvalue weighted by atomic mass is 10.1. The summed E-state index contributed by atoms with van der Waals surface area (Å²) < 4.78 is 26.7. The number of guanidine groups is 1. The Morgan fingerprint density at radius 2 is 1.83 bits per heavy atom. The first kappa shape index (κ1) is 20.3. The summed E-state index contributed by atoms with van der Waals surface area (Å²) in [6.45, 7) is 5.85. The molecule has 0 spiro atoms. The number of nitrogens with zero attached hydrogens (tertiary/aromatic N) is 6. The van der Waals surface area contributed by atoms with Gasteiger partial charge >= 0.3 is 0 Å². The van der Waals surface area contributed by atoms with E-state index in [1.54, 1.807) is 25.5 Å². The maximum atomic E-state index is 13.5. The maximum absolute atomic E-state index is 13.5. The quantitative estimate of drug-likeness (QED) is 0.609. The third-order valence-corrected chi connectivity index (χ3v) is 5.73. The van der Waals surface area contributed by atoms with Gasteiger partial charge in [-0.2, -0.15) is 0 Å². The van der Waals surface area contributed by atoms with Crippen LogP contribution in [0.1, 0.15) is 6.42 Å². The number of halogens is 2. The molecule has 30 heavy (non-hydrogen) atoms. The van der Waals surface area contributed by atoms with Gasteiger partial charge in [0.05, 0.1) is 0 Å². The number of benzene rings is 1. The largest absolute Gasteiger partial charge is 0.371 e. The van der Waals surface area contributed by atoms with Crippen LogP contribution in [-0.4, -0.2) is 73.7 Å². The fourth-order valence-corrected chi connectivity index (χ4v) is 4.06. The Labute approximate surface area is 175 Å². The zero-order valence-corrected chi connectivity index (χ0v) is 17.1. The van der Waals surface area contributed by atoms with Gasteiger partial charge in [0.2, 0.25) is 5.95 Å². The number of hydrogen-bond acceptors (Lipinski definition) is 5. The maximum Gasteiger partial charge on any atom is 0.225 e. The third-order valence-electron chi connectivity index (χ3n) is 5.73. The van der Waals surface area contributed by atoms with Crippen LogP contribution in [-0.2, 0) is 0 Å². The smallest absolute Gasteiger partial charge is 0.225 e. The summed E-state index contributed by atoms with van der Waals surface area (Å²) in [4.78, 5) is 19.6. The van der Waals surface area contributed by atoms with Gasteiger partial charge in [0.25, 0.3) is 0 Å². The summed E-state index contributed by atoms with van der Waals surface area (Å²) in [5.41, 5.74) is 0.736. The van der Waals surface area contributed by atoms with Gasteiger partial charge in [-0.15, -0.1) is 0 Å². The van der Waals surface area contributed by atoms with Gasteiger partial charge in [-0.1, -0.05) is 0 Å². The SMILES string of the molecule is CN=C(NCC1CCN(c2ccc(F)c(F)c2)C1)N1CCN(c2ncccn2)CC1. The highest BCUT2D eigenvalue weighted by atomic mass is 19.2. The Balaban J connectivity index is 1.26. The van der Waals surface area contributed by atoms with E-state index in [0.717, 1.165) is 69.8 Å². The first-order valence-corrected chi connectivity index (χ1v) is 10.3. The molecule has 2 fully saturated rings. The van der Waals surface area contributed by atoms with E-state index in [1.807, 2.05) is 6.07 Å². The molecule has 2 aliphatic heterocycles. The molecule has 1 atom stereocenters. The van der Waals surface area contributed by atoms with Crippen LogP contribution in [0.4, 0.5) is 20.4 Å². The monoisotopic (exact) mass is 415 g/mol. The Kier molecular flexibility index (Phi) is 6.25. The number of anilines is 2. The molecule has 0 bridgehead atoms. The highest BCUT2D eigenvalue weighted by Crippen LogP contribution is 2.25. The average Bonchev–Trinajstić information content (AvgIpc) is 3.26. The van der Waals surface area contributed by atoms with Crippen LogP contribution >= 0.6 is 0 Å². The molecule has 1 aromatic heterocycles. The van der Waals surface area contributed by atoms with Gasteiger partial charge in [-0.25, -0.2) is 18.7 Å². The topological polar surface area (TPSA) is 59.9 Å². The molecule has 9 heteroatoms. The van der Waals surface area contributed by atoms with Gasteiger partial charge in [-0.05, 0) is 30.5 Å². The van der Waals surface area contributed by atoms with Gasteiger partial charge in [0.1, 0.15) is 0 Å². The van der Waals surface area contributed by atoms with E-state index in [0.29, 0.717) is 5.92 Å². The molecule has 4 rings (SSSR count). The molecular weight excluding hydrogens is 388 g/mol. The van der Waals surface area contributed by atoms with Crippen molar-refractivity contribution < 1.29 is 8.78 Å². The van der Waals surface area contributed by atoms with Crippen molar-refractivity contribution in [1.29, 1.82) is 0 Å². The molecule has 1 unspecified atom stereocenters. The van der Waals surface area contributed by atoms with Gasteiger partial charge < -0.3 is 20.0 Å². The molecule has 3 heterocycles. The normalized spacial score (nSPS) is 20.0. The minimum absolute atomic E-state index is 0.425. The van der Waals surface area contributed by atoms with Crippen molar-refractivity contribution >= 4 is 17.6 Å². The predicted octanol–water partition coefficient (Wildman–Crippen LogP) is 1.98. The van der Waals surface area contributed by atoms with Crippen molar-refractivity contribution in [3.8, 4) is 0 Å². The molecule has 2 aromatic rings. The number of aliphatic imine (C=N–C) groups is 1. The van der Waals surface area contributed by atoms with E-state index < -0.39 is 11.6 Å². The number of aromatic nitrogens is 2. The van der Waals surface area contributed by atoms with Crippen molar-refractivity contribution in [2.45, 2.75) is 6.42 Å². The van der Waals surface area contributed by atoms with E-state index in [4.69, 9.17) is 0 Å². The Bertz CT molecular complexity index is 869. The Morgan fingerprint density at radius 3 is 2.53 bits per heavy atom. The predicted molar refractivity (Wildman–Crippen MR) is 114 cm³/mol. The molecule has 2 saturated heterocycles. The highest BCUT2D eigenvalue weighted by molar-refractivity contribution is 5.80. The molecular formula is C21H27F2N7. The van der Waals surface area contributed by atoms with Crippen molar-refractivity contribution in [2.75, 3.05) is 62.7 Å². The highest BCUT2D eigenvalue weighted by Gasteiger charge is 2.25. The molecule has 2 aliphatic rings. The number of nitrogens with one attached hydrogen (secondary N) is 1. The summed E-state index contributed by atoms with van der Waals surface area (Å²) in [6.07, 6.45) is 4.53. The standard InChI is InChI=1S/C21H27F2N7/c1-24-20(28-9-11-29(12-10-28)21-25-6-2-7-26-21)27-14-16-5-8-30(15-16)17-3-4-18(22)19(23)13-17/h2-4,6-7,13,16H,5,8-12,14-15H2,1H3,(H,24,27). The summed E-state index contributed by atoms with van der Waals surface area (Å²) in [5.74, 6) is 0.487. The first-order valence-electron chi connectivity index (χ1n) is 10.3. The Morgan fingerprint density at radius 1 is 1.07 bits per heavy atom. The average molecular weight is 415 g/mol. The zero-order chi connectivity index (χ0) is 20.9. The molecule has 7 nitrogen and oxygen atoms in total. The molecule has 1 N–H and O–H groups in total. The van der Waals surface area contributed by atoms with Crippen molar-refractivity contribution in [3.63, 3.8) is 0 Å². The van der Waals surface area contributed by atoms with Crippen LogP contribution in [0.3, 0.4) is 0 Å². The first-order chi connectivity index (χ1) is 14.6. The van der Waals surface area contributed by atoms with E-state index in [2.05, 4.69) is 35.0 Å². The van der Waals surface area contributed by atoms with Crippen LogP contribution in [0.2, 0.25) is 0 Å². The molecule has 0 radical (unpaired) electrons. The third kappa shape index (κ3) is 4.60. The molecule has 0 saturated carbocycles.